The summed E-state index contributed by atoms with van der Waals surface area (Å²) >= 11 is 0. The highest BCUT2D eigenvalue weighted by molar-refractivity contribution is 5.99. The van der Waals surface area contributed by atoms with Crippen molar-refractivity contribution in [2.45, 2.75) is 27.2 Å². The van der Waals surface area contributed by atoms with Crippen LogP contribution in [-0.4, -0.2) is 5.78 Å². The van der Waals surface area contributed by atoms with Gasteiger partial charge in [-0.1, -0.05) is 30.3 Å². The van der Waals surface area contributed by atoms with Crippen LogP contribution >= 0.6 is 0 Å². The largest absolute Gasteiger partial charge is 0.294 e. The van der Waals surface area contributed by atoms with Crippen molar-refractivity contribution < 1.29 is 9.18 Å². The lowest BCUT2D eigenvalue weighted by molar-refractivity contribution is 0.0988. The molecule has 2 rings (SSSR count). The second-order valence-electron chi connectivity index (χ2n) is 4.97. The molecule has 0 saturated carbocycles. The molecule has 2 aromatic carbocycles. The number of hydrogen-bond acceptors (Lipinski definition) is 1. The van der Waals surface area contributed by atoms with E-state index in [4.69, 9.17) is 0 Å². The van der Waals surface area contributed by atoms with E-state index in [1.54, 1.807) is 6.92 Å². The summed E-state index contributed by atoms with van der Waals surface area (Å²) in [5.41, 5.74) is 3.76. The van der Waals surface area contributed by atoms with Gasteiger partial charge in [-0.3, -0.25) is 4.79 Å². The van der Waals surface area contributed by atoms with Crippen LogP contribution in [0, 0.1) is 26.6 Å². The van der Waals surface area contributed by atoms with Gasteiger partial charge in [-0.15, -0.1) is 0 Å². The molecule has 0 heterocycles. The first-order valence-corrected chi connectivity index (χ1v) is 6.33. The number of benzene rings is 2. The first-order chi connectivity index (χ1) is 8.99. The van der Waals surface area contributed by atoms with Gasteiger partial charge in [0.1, 0.15) is 5.82 Å². The van der Waals surface area contributed by atoms with Gasteiger partial charge in [0.25, 0.3) is 0 Å². The minimum atomic E-state index is -0.420. The van der Waals surface area contributed by atoms with E-state index in [1.807, 2.05) is 44.2 Å². The van der Waals surface area contributed by atoms with Gasteiger partial charge in [0.15, 0.2) is 5.78 Å². The van der Waals surface area contributed by atoms with Crippen LogP contribution in [0.2, 0.25) is 0 Å². The Morgan fingerprint density at radius 1 is 1.05 bits per heavy atom. The lowest BCUT2D eigenvalue weighted by atomic mass is 9.95. The molecule has 0 fully saturated rings. The van der Waals surface area contributed by atoms with Crippen molar-refractivity contribution in [3.8, 4) is 0 Å². The minimum Gasteiger partial charge on any atom is -0.294 e. The highest BCUT2D eigenvalue weighted by Gasteiger charge is 2.16. The first-order valence-electron chi connectivity index (χ1n) is 6.33. The lowest BCUT2D eigenvalue weighted by Crippen LogP contribution is -2.09. The average Bonchev–Trinajstić information content (AvgIpc) is 2.30. The number of halogens is 1. The van der Waals surface area contributed by atoms with Gasteiger partial charge in [-0.05, 0) is 49.1 Å². The maximum absolute atomic E-state index is 13.9. The van der Waals surface area contributed by atoms with Gasteiger partial charge in [0.2, 0.25) is 0 Å². The molecule has 0 aliphatic rings. The molecule has 0 spiro atoms. The summed E-state index contributed by atoms with van der Waals surface area (Å²) in [5, 5.41) is 0. The Morgan fingerprint density at radius 2 is 1.74 bits per heavy atom. The molecule has 0 aliphatic carbocycles. The number of carbonyl (C=O) groups is 1. The summed E-state index contributed by atoms with van der Waals surface area (Å²) in [6.45, 7) is 5.56. The molecule has 0 bridgehead atoms. The molecule has 0 atom stereocenters. The standard InChI is InChI=1S/C17H17FO/c1-11-8-13(3)17(15(18)9-11)16(19)10-14-7-5-4-6-12(14)2/h4-9H,10H2,1-3H3. The van der Waals surface area contributed by atoms with E-state index in [9.17, 15) is 9.18 Å². The second kappa shape index (κ2) is 5.35. The molecule has 0 amide bonds. The fraction of sp³-hybridized carbons (Fsp3) is 0.235. The van der Waals surface area contributed by atoms with Gasteiger partial charge in [0.05, 0.1) is 5.56 Å². The molecular weight excluding hydrogens is 239 g/mol. The topological polar surface area (TPSA) is 17.1 Å². The number of aryl methyl sites for hydroxylation is 3. The van der Waals surface area contributed by atoms with Gasteiger partial charge in [-0.2, -0.15) is 0 Å². The second-order valence-corrected chi connectivity index (χ2v) is 4.97. The summed E-state index contributed by atoms with van der Waals surface area (Å²) < 4.78 is 13.9. The molecule has 0 unspecified atom stereocenters. The summed E-state index contributed by atoms with van der Waals surface area (Å²) in [7, 11) is 0. The predicted molar refractivity (Wildman–Crippen MR) is 75.1 cm³/mol. The van der Waals surface area contributed by atoms with Gasteiger partial charge in [0, 0.05) is 6.42 Å². The molecule has 0 radical (unpaired) electrons. The van der Waals surface area contributed by atoms with Gasteiger partial charge >= 0.3 is 0 Å². The highest BCUT2D eigenvalue weighted by atomic mass is 19.1. The van der Waals surface area contributed by atoms with E-state index in [-0.39, 0.29) is 17.8 Å². The average molecular weight is 256 g/mol. The molecule has 1 nitrogen and oxygen atoms in total. The molecule has 0 saturated heterocycles. The molecular formula is C17H17FO. The van der Waals surface area contributed by atoms with E-state index in [0.717, 1.165) is 16.7 Å². The maximum Gasteiger partial charge on any atom is 0.170 e. The monoisotopic (exact) mass is 256 g/mol. The van der Waals surface area contributed by atoms with Crippen molar-refractivity contribution in [3.05, 3.63) is 70.0 Å². The maximum atomic E-state index is 13.9. The summed E-state index contributed by atoms with van der Waals surface area (Å²) in [6.07, 6.45) is 0.244. The van der Waals surface area contributed by atoms with Crippen LogP contribution in [0.15, 0.2) is 36.4 Å². The molecule has 2 heteroatoms. The van der Waals surface area contributed by atoms with E-state index in [1.165, 1.54) is 6.07 Å². The normalized spacial score (nSPS) is 10.5. The summed E-state index contributed by atoms with van der Waals surface area (Å²) in [6, 6.07) is 11.0. The van der Waals surface area contributed by atoms with Crippen LogP contribution in [0.25, 0.3) is 0 Å². The van der Waals surface area contributed by atoms with Crippen LogP contribution in [0.3, 0.4) is 0 Å². The number of Topliss-reactive ketones (excluding diaryl/α,β-unsaturated/α-hetero) is 1. The third kappa shape index (κ3) is 2.90. The Hall–Kier alpha value is -1.96. The Balaban J connectivity index is 2.34. The molecule has 0 N–H and O–H groups in total. The van der Waals surface area contributed by atoms with Crippen LogP contribution in [0.4, 0.5) is 4.39 Å². The highest BCUT2D eigenvalue weighted by Crippen LogP contribution is 2.19. The van der Waals surface area contributed by atoms with Crippen molar-refractivity contribution in [3.63, 3.8) is 0 Å². The Labute approximate surface area is 113 Å². The Kier molecular flexibility index (Phi) is 3.79. The zero-order valence-corrected chi connectivity index (χ0v) is 11.5. The molecule has 98 valence electrons. The van der Waals surface area contributed by atoms with Crippen LogP contribution in [0.1, 0.15) is 32.6 Å². The van der Waals surface area contributed by atoms with E-state index < -0.39 is 5.82 Å². The van der Waals surface area contributed by atoms with Gasteiger partial charge < -0.3 is 0 Å². The van der Waals surface area contributed by atoms with Crippen LogP contribution in [0.5, 0.6) is 0 Å². The number of carbonyl (C=O) groups excluding carboxylic acids is 1. The zero-order valence-electron chi connectivity index (χ0n) is 11.5. The Morgan fingerprint density at radius 3 is 2.37 bits per heavy atom. The Bertz CT molecular complexity index is 606. The predicted octanol–water partition coefficient (Wildman–Crippen LogP) is 4.18. The number of ketones is 1. The van der Waals surface area contributed by atoms with Crippen molar-refractivity contribution in [1.29, 1.82) is 0 Å². The molecule has 0 aliphatic heterocycles. The van der Waals surface area contributed by atoms with E-state index >= 15 is 0 Å². The number of hydrogen-bond donors (Lipinski definition) is 0. The summed E-state index contributed by atoms with van der Waals surface area (Å²) in [4.78, 5) is 12.3. The van der Waals surface area contributed by atoms with E-state index in [2.05, 4.69) is 0 Å². The fourth-order valence-electron chi connectivity index (χ4n) is 2.34. The third-order valence-electron chi connectivity index (χ3n) is 3.32. The van der Waals surface area contributed by atoms with Crippen molar-refractivity contribution in [2.75, 3.05) is 0 Å². The minimum absolute atomic E-state index is 0.163. The zero-order chi connectivity index (χ0) is 14.0. The van der Waals surface area contributed by atoms with Crippen molar-refractivity contribution in [1.82, 2.24) is 0 Å². The lowest BCUT2D eigenvalue weighted by Gasteiger charge is -2.09. The number of rotatable bonds is 3. The summed E-state index contributed by atoms with van der Waals surface area (Å²) in [5.74, 6) is -0.583. The van der Waals surface area contributed by atoms with Crippen LogP contribution < -0.4 is 0 Å². The molecule has 19 heavy (non-hydrogen) atoms. The quantitative estimate of drug-likeness (QED) is 0.753. The van der Waals surface area contributed by atoms with Crippen molar-refractivity contribution >= 4 is 5.78 Å². The van der Waals surface area contributed by atoms with Crippen molar-refractivity contribution in [2.24, 2.45) is 0 Å². The SMILES string of the molecule is Cc1cc(C)c(C(=O)Cc2ccccc2C)c(F)c1. The van der Waals surface area contributed by atoms with Gasteiger partial charge in [-0.25, -0.2) is 4.39 Å². The fourth-order valence-corrected chi connectivity index (χ4v) is 2.34. The van der Waals surface area contributed by atoms with E-state index in [0.29, 0.717) is 5.56 Å². The molecule has 2 aromatic rings. The first kappa shape index (κ1) is 13.5. The smallest absolute Gasteiger partial charge is 0.170 e. The molecule has 0 aromatic heterocycles. The third-order valence-corrected chi connectivity index (χ3v) is 3.32. The van der Waals surface area contributed by atoms with Crippen LogP contribution in [-0.2, 0) is 6.42 Å².